The number of hydrogen-bond acceptors (Lipinski definition) is 3. The quantitative estimate of drug-likeness (QED) is 0.855. The van der Waals surface area contributed by atoms with E-state index in [2.05, 4.69) is 28.9 Å². The van der Waals surface area contributed by atoms with Crippen LogP contribution in [-0.4, -0.2) is 47.1 Å². The van der Waals surface area contributed by atoms with Crippen LogP contribution in [0.4, 0.5) is 0 Å². The predicted molar refractivity (Wildman–Crippen MR) is 85.0 cm³/mol. The highest BCUT2D eigenvalue weighted by Gasteiger charge is 2.41. The molecule has 2 unspecified atom stereocenters. The van der Waals surface area contributed by atoms with Crippen LogP contribution in [0.3, 0.4) is 0 Å². The smallest absolute Gasteiger partial charge is 0.0309 e. The lowest BCUT2D eigenvalue weighted by Gasteiger charge is -2.48. The summed E-state index contributed by atoms with van der Waals surface area (Å²) in [5.41, 5.74) is 0.487. The lowest BCUT2D eigenvalue weighted by Crippen LogP contribution is -2.63. The lowest BCUT2D eigenvalue weighted by molar-refractivity contribution is 0.0711. The Morgan fingerprint density at radius 3 is 2.79 bits per heavy atom. The molecule has 0 aromatic heterocycles. The van der Waals surface area contributed by atoms with E-state index in [9.17, 15) is 0 Å². The van der Waals surface area contributed by atoms with Crippen molar-refractivity contribution in [1.29, 1.82) is 0 Å². The molecule has 1 heterocycles. The summed E-state index contributed by atoms with van der Waals surface area (Å²) >= 11 is 2.21. The molecule has 3 fully saturated rings. The van der Waals surface area contributed by atoms with Gasteiger partial charge in [-0.25, -0.2) is 0 Å². The zero-order valence-electron chi connectivity index (χ0n) is 12.5. The van der Waals surface area contributed by atoms with Crippen molar-refractivity contribution in [2.24, 2.45) is 0 Å². The van der Waals surface area contributed by atoms with Crippen molar-refractivity contribution in [3.05, 3.63) is 0 Å². The normalized spacial score (nSPS) is 35.8. The molecule has 2 nitrogen and oxygen atoms in total. The van der Waals surface area contributed by atoms with E-state index in [1.54, 1.807) is 0 Å². The maximum absolute atomic E-state index is 3.89. The molecule has 3 rings (SSSR count). The molecule has 0 aromatic rings. The van der Waals surface area contributed by atoms with E-state index in [0.29, 0.717) is 5.54 Å². The number of thioether (sulfide) groups is 1. The van der Waals surface area contributed by atoms with E-state index in [0.717, 1.165) is 11.3 Å². The van der Waals surface area contributed by atoms with Crippen molar-refractivity contribution in [2.45, 2.75) is 75.1 Å². The summed E-state index contributed by atoms with van der Waals surface area (Å²) in [6, 6.07) is 0.880. The average Bonchev–Trinajstić information content (AvgIpc) is 2.88. The van der Waals surface area contributed by atoms with Crippen LogP contribution in [0.15, 0.2) is 0 Å². The molecule has 0 aromatic carbocycles. The van der Waals surface area contributed by atoms with Gasteiger partial charge in [-0.2, -0.15) is 11.8 Å². The zero-order chi connectivity index (χ0) is 13.1. The zero-order valence-corrected chi connectivity index (χ0v) is 13.3. The van der Waals surface area contributed by atoms with Crippen molar-refractivity contribution in [1.82, 2.24) is 10.2 Å². The van der Waals surface area contributed by atoms with E-state index in [1.165, 1.54) is 76.8 Å². The van der Waals surface area contributed by atoms with Gasteiger partial charge in [0.05, 0.1) is 0 Å². The van der Waals surface area contributed by atoms with E-state index < -0.39 is 0 Å². The molecular weight excluding hydrogens is 252 g/mol. The number of rotatable bonds is 3. The van der Waals surface area contributed by atoms with Crippen molar-refractivity contribution < 1.29 is 0 Å². The standard InChI is InChI=1S/C16H30N2S/c1-2-19-15-8-6-7-14(15)18-12-11-17-16(13-18)9-4-3-5-10-16/h14-15,17H,2-13H2,1H3. The second-order valence-electron chi connectivity index (χ2n) is 6.73. The minimum absolute atomic E-state index is 0.487. The van der Waals surface area contributed by atoms with Gasteiger partial charge >= 0.3 is 0 Å². The Kier molecular flexibility index (Phi) is 4.76. The number of hydrogen-bond donors (Lipinski definition) is 1. The van der Waals surface area contributed by atoms with Crippen molar-refractivity contribution in [2.75, 3.05) is 25.4 Å². The fourth-order valence-corrected chi connectivity index (χ4v) is 5.86. The summed E-state index contributed by atoms with van der Waals surface area (Å²) in [6.45, 7) is 6.16. The molecule has 2 saturated carbocycles. The lowest BCUT2D eigenvalue weighted by atomic mass is 9.80. The molecule has 0 amide bonds. The third-order valence-electron chi connectivity index (χ3n) is 5.48. The van der Waals surface area contributed by atoms with Crippen molar-refractivity contribution in [3.63, 3.8) is 0 Å². The fourth-order valence-electron chi connectivity index (χ4n) is 4.57. The molecule has 1 saturated heterocycles. The summed E-state index contributed by atoms with van der Waals surface area (Å²) in [5, 5.41) is 4.81. The summed E-state index contributed by atoms with van der Waals surface area (Å²) < 4.78 is 0. The third-order valence-corrected chi connectivity index (χ3v) is 6.79. The van der Waals surface area contributed by atoms with Gasteiger partial charge in [0.1, 0.15) is 0 Å². The predicted octanol–water partition coefficient (Wildman–Crippen LogP) is 3.27. The van der Waals surface area contributed by atoms with Crippen LogP contribution >= 0.6 is 11.8 Å². The first kappa shape index (κ1) is 14.2. The van der Waals surface area contributed by atoms with Crippen molar-refractivity contribution >= 4 is 11.8 Å². The average molecular weight is 282 g/mol. The first-order valence-electron chi connectivity index (χ1n) is 8.44. The Bertz CT molecular complexity index is 283. The second-order valence-corrected chi connectivity index (χ2v) is 8.25. The van der Waals surface area contributed by atoms with Crippen LogP contribution in [-0.2, 0) is 0 Å². The van der Waals surface area contributed by atoms with Crippen LogP contribution in [0.5, 0.6) is 0 Å². The molecule has 1 spiro atoms. The van der Waals surface area contributed by atoms with Crippen LogP contribution in [0.1, 0.15) is 58.3 Å². The highest BCUT2D eigenvalue weighted by Crippen LogP contribution is 2.37. The Hall–Kier alpha value is 0.270. The topological polar surface area (TPSA) is 15.3 Å². The number of nitrogens with one attached hydrogen (secondary N) is 1. The molecule has 3 aliphatic rings. The first-order valence-corrected chi connectivity index (χ1v) is 9.48. The van der Waals surface area contributed by atoms with Gasteiger partial charge in [-0.3, -0.25) is 4.90 Å². The van der Waals surface area contributed by atoms with E-state index in [4.69, 9.17) is 0 Å². The maximum atomic E-state index is 3.89. The summed E-state index contributed by atoms with van der Waals surface area (Å²) in [4.78, 5) is 2.86. The molecule has 2 atom stereocenters. The highest BCUT2D eigenvalue weighted by molar-refractivity contribution is 7.99. The molecule has 19 heavy (non-hydrogen) atoms. The van der Waals surface area contributed by atoms with Gasteiger partial charge in [-0.05, 0) is 31.4 Å². The molecule has 110 valence electrons. The Balaban J connectivity index is 1.64. The summed E-state index contributed by atoms with van der Waals surface area (Å²) in [7, 11) is 0. The van der Waals surface area contributed by atoms with Crippen LogP contribution < -0.4 is 5.32 Å². The monoisotopic (exact) mass is 282 g/mol. The molecule has 1 aliphatic heterocycles. The van der Waals surface area contributed by atoms with Gasteiger partial charge in [-0.1, -0.05) is 32.6 Å². The van der Waals surface area contributed by atoms with Gasteiger partial charge in [-0.15, -0.1) is 0 Å². The second kappa shape index (κ2) is 6.36. The Morgan fingerprint density at radius 1 is 1.16 bits per heavy atom. The van der Waals surface area contributed by atoms with E-state index in [-0.39, 0.29) is 0 Å². The van der Waals surface area contributed by atoms with Gasteiger partial charge < -0.3 is 5.32 Å². The van der Waals surface area contributed by atoms with Crippen LogP contribution in [0, 0.1) is 0 Å². The summed E-state index contributed by atoms with van der Waals surface area (Å²) in [6.07, 6.45) is 11.6. The fraction of sp³-hybridized carbons (Fsp3) is 1.00. The molecule has 0 bridgehead atoms. The first-order chi connectivity index (χ1) is 9.33. The Labute approximate surface area is 123 Å². The maximum Gasteiger partial charge on any atom is 0.0309 e. The van der Waals surface area contributed by atoms with Gasteiger partial charge in [0.15, 0.2) is 0 Å². The number of piperazine rings is 1. The largest absolute Gasteiger partial charge is 0.309 e. The van der Waals surface area contributed by atoms with E-state index >= 15 is 0 Å². The van der Waals surface area contributed by atoms with Gasteiger partial charge in [0.25, 0.3) is 0 Å². The third kappa shape index (κ3) is 3.14. The molecular formula is C16H30N2S. The highest BCUT2D eigenvalue weighted by atomic mass is 32.2. The van der Waals surface area contributed by atoms with E-state index in [1.807, 2.05) is 0 Å². The van der Waals surface area contributed by atoms with Crippen LogP contribution in [0.25, 0.3) is 0 Å². The Morgan fingerprint density at radius 2 is 2.00 bits per heavy atom. The number of nitrogens with zero attached hydrogens (tertiary/aromatic N) is 1. The minimum atomic E-state index is 0.487. The molecule has 3 heteroatoms. The summed E-state index contributed by atoms with van der Waals surface area (Å²) in [5.74, 6) is 1.29. The molecule has 1 N–H and O–H groups in total. The molecule has 0 radical (unpaired) electrons. The van der Waals surface area contributed by atoms with Gasteiger partial charge in [0, 0.05) is 36.5 Å². The SMILES string of the molecule is CCSC1CCCC1N1CCNC2(CCCCC2)C1. The van der Waals surface area contributed by atoms with Crippen LogP contribution in [0.2, 0.25) is 0 Å². The van der Waals surface area contributed by atoms with Gasteiger partial charge in [0.2, 0.25) is 0 Å². The molecule has 2 aliphatic carbocycles. The van der Waals surface area contributed by atoms with Crippen molar-refractivity contribution in [3.8, 4) is 0 Å². The minimum Gasteiger partial charge on any atom is -0.309 e.